The lowest BCUT2D eigenvalue weighted by Crippen LogP contribution is -2.47. The van der Waals surface area contributed by atoms with Crippen LogP contribution < -0.4 is 10.1 Å². The summed E-state index contributed by atoms with van der Waals surface area (Å²) in [5.41, 5.74) is 0. The second-order valence-electron chi connectivity index (χ2n) is 4.67. The minimum atomic E-state index is -0.437. The maximum Gasteiger partial charge on any atom is 0.132 e. The first-order valence-corrected chi connectivity index (χ1v) is 7.89. The highest BCUT2D eigenvalue weighted by Gasteiger charge is 2.15. The molecule has 0 aliphatic carbocycles. The second-order valence-corrected chi connectivity index (χ2v) is 5.51. The van der Waals surface area contributed by atoms with Crippen molar-refractivity contribution in [2.45, 2.75) is 11.0 Å². The third-order valence-electron chi connectivity index (χ3n) is 3.18. The van der Waals surface area contributed by atoms with E-state index in [1.165, 1.54) is 0 Å². The number of nitrogens with zero attached hydrogens (tertiary/aromatic N) is 1. The molecule has 2 N–H and O–H groups in total. The molecule has 19 heavy (non-hydrogen) atoms. The van der Waals surface area contributed by atoms with Crippen LogP contribution in [-0.2, 0) is 0 Å². The number of thioether (sulfide) groups is 1. The van der Waals surface area contributed by atoms with Crippen LogP contribution in [0, 0.1) is 0 Å². The number of β-amino-alcohol motifs (C(OH)–C–C–N with tert-alkyl or cyclic N) is 1. The molecule has 1 saturated heterocycles. The van der Waals surface area contributed by atoms with Gasteiger partial charge in [-0.1, -0.05) is 12.1 Å². The van der Waals surface area contributed by atoms with E-state index in [2.05, 4.69) is 10.2 Å². The van der Waals surface area contributed by atoms with Crippen molar-refractivity contribution in [3.05, 3.63) is 24.3 Å². The van der Waals surface area contributed by atoms with Gasteiger partial charge in [-0.05, 0) is 18.4 Å². The minimum Gasteiger partial charge on any atom is -0.490 e. The lowest BCUT2D eigenvalue weighted by atomic mass is 10.3. The average Bonchev–Trinajstić information content (AvgIpc) is 2.46. The number of rotatable bonds is 6. The molecule has 1 aromatic rings. The Morgan fingerprint density at radius 2 is 2.11 bits per heavy atom. The molecule has 1 heterocycles. The Bertz CT molecular complexity index is 383. The summed E-state index contributed by atoms with van der Waals surface area (Å²) in [5.74, 6) is 0.856. The topological polar surface area (TPSA) is 44.7 Å². The van der Waals surface area contributed by atoms with Gasteiger partial charge in [-0.2, -0.15) is 0 Å². The maximum atomic E-state index is 10.0. The van der Waals surface area contributed by atoms with Crippen molar-refractivity contribution in [3.63, 3.8) is 0 Å². The van der Waals surface area contributed by atoms with Gasteiger partial charge in [-0.15, -0.1) is 11.8 Å². The van der Waals surface area contributed by atoms with Crippen molar-refractivity contribution in [1.82, 2.24) is 10.2 Å². The summed E-state index contributed by atoms with van der Waals surface area (Å²) in [6.07, 6.45) is 1.59. The van der Waals surface area contributed by atoms with E-state index in [-0.39, 0.29) is 0 Å². The number of aliphatic hydroxyl groups is 1. The fourth-order valence-electron chi connectivity index (χ4n) is 2.17. The van der Waals surface area contributed by atoms with Gasteiger partial charge in [0.1, 0.15) is 18.5 Å². The number of para-hydroxylation sites is 1. The second kappa shape index (κ2) is 7.75. The Kier molecular flexibility index (Phi) is 5.97. The number of hydrogen-bond acceptors (Lipinski definition) is 5. The van der Waals surface area contributed by atoms with Gasteiger partial charge in [0.05, 0.1) is 0 Å². The monoisotopic (exact) mass is 282 g/mol. The van der Waals surface area contributed by atoms with E-state index in [1.807, 2.05) is 30.5 Å². The molecule has 0 spiro atoms. The summed E-state index contributed by atoms with van der Waals surface area (Å²) >= 11 is 1.66. The molecule has 0 radical (unpaired) electrons. The normalized spacial score (nSPS) is 18.2. The molecule has 4 nitrogen and oxygen atoms in total. The fourth-order valence-corrected chi connectivity index (χ4v) is 2.71. The van der Waals surface area contributed by atoms with E-state index >= 15 is 0 Å². The number of hydrogen-bond donors (Lipinski definition) is 2. The van der Waals surface area contributed by atoms with Crippen LogP contribution >= 0.6 is 11.8 Å². The lowest BCUT2D eigenvalue weighted by Gasteiger charge is -2.29. The Hall–Kier alpha value is -0.750. The van der Waals surface area contributed by atoms with Gasteiger partial charge in [0.15, 0.2) is 0 Å². The molecule has 0 saturated carbocycles. The summed E-state index contributed by atoms with van der Waals surface area (Å²) in [6, 6.07) is 7.93. The zero-order valence-corrected chi connectivity index (χ0v) is 12.2. The number of nitrogens with one attached hydrogen (secondary N) is 1. The summed E-state index contributed by atoms with van der Waals surface area (Å²) < 4.78 is 5.72. The molecule has 1 aliphatic heterocycles. The van der Waals surface area contributed by atoms with E-state index in [0.29, 0.717) is 13.2 Å². The molecule has 1 atom stereocenters. The molecule has 2 rings (SSSR count). The molecule has 0 bridgehead atoms. The van der Waals surface area contributed by atoms with Gasteiger partial charge in [-0.25, -0.2) is 0 Å². The van der Waals surface area contributed by atoms with Crippen LogP contribution in [0.2, 0.25) is 0 Å². The molecule has 1 fully saturated rings. The van der Waals surface area contributed by atoms with Gasteiger partial charge < -0.3 is 15.2 Å². The highest BCUT2D eigenvalue weighted by Crippen LogP contribution is 2.26. The molecule has 5 heteroatoms. The van der Waals surface area contributed by atoms with Crippen molar-refractivity contribution < 1.29 is 9.84 Å². The largest absolute Gasteiger partial charge is 0.490 e. The molecule has 1 aliphatic rings. The molecular weight excluding hydrogens is 260 g/mol. The Balaban J connectivity index is 1.77. The zero-order chi connectivity index (χ0) is 13.5. The average molecular weight is 282 g/mol. The van der Waals surface area contributed by atoms with E-state index in [9.17, 15) is 5.11 Å². The summed E-state index contributed by atoms with van der Waals surface area (Å²) in [5, 5.41) is 13.3. The summed E-state index contributed by atoms with van der Waals surface area (Å²) in [7, 11) is 0. The molecule has 1 aromatic carbocycles. The van der Waals surface area contributed by atoms with Gasteiger partial charge in [-0.3, -0.25) is 4.90 Å². The highest BCUT2D eigenvalue weighted by atomic mass is 32.2. The third-order valence-corrected chi connectivity index (χ3v) is 3.96. The van der Waals surface area contributed by atoms with E-state index in [0.717, 1.165) is 36.8 Å². The number of ether oxygens (including phenoxy) is 1. The van der Waals surface area contributed by atoms with Gasteiger partial charge in [0, 0.05) is 37.6 Å². The summed E-state index contributed by atoms with van der Waals surface area (Å²) in [4.78, 5) is 3.38. The van der Waals surface area contributed by atoms with Crippen LogP contribution in [0.1, 0.15) is 0 Å². The first kappa shape index (κ1) is 14.7. The lowest BCUT2D eigenvalue weighted by molar-refractivity contribution is 0.0632. The number of benzene rings is 1. The van der Waals surface area contributed by atoms with Gasteiger partial charge >= 0.3 is 0 Å². The van der Waals surface area contributed by atoms with Crippen LogP contribution in [0.4, 0.5) is 0 Å². The highest BCUT2D eigenvalue weighted by molar-refractivity contribution is 7.98. The predicted molar refractivity (Wildman–Crippen MR) is 79.0 cm³/mol. The van der Waals surface area contributed by atoms with E-state index < -0.39 is 6.10 Å². The predicted octanol–water partition coefficient (Wildman–Crippen LogP) is 1.05. The SMILES string of the molecule is CSc1ccccc1OCC(O)CN1CCNCC1. The molecular formula is C14H22N2O2S. The number of piperazine rings is 1. The van der Waals surface area contributed by atoms with Crippen molar-refractivity contribution in [1.29, 1.82) is 0 Å². The molecule has 0 amide bonds. The Morgan fingerprint density at radius 3 is 2.84 bits per heavy atom. The zero-order valence-electron chi connectivity index (χ0n) is 11.3. The van der Waals surface area contributed by atoms with Crippen molar-refractivity contribution in [2.24, 2.45) is 0 Å². The standard InChI is InChI=1S/C14H22N2O2S/c1-19-14-5-3-2-4-13(14)18-11-12(17)10-16-8-6-15-7-9-16/h2-5,12,15,17H,6-11H2,1H3. The number of aliphatic hydroxyl groups excluding tert-OH is 1. The van der Waals surface area contributed by atoms with Crippen molar-refractivity contribution >= 4 is 11.8 Å². The molecule has 1 unspecified atom stereocenters. The van der Waals surface area contributed by atoms with Crippen LogP contribution in [0.3, 0.4) is 0 Å². The van der Waals surface area contributed by atoms with Crippen LogP contribution in [0.5, 0.6) is 5.75 Å². The van der Waals surface area contributed by atoms with Crippen molar-refractivity contribution in [3.8, 4) is 5.75 Å². The van der Waals surface area contributed by atoms with Crippen LogP contribution in [0.15, 0.2) is 29.2 Å². The Labute approximate surface area is 119 Å². The van der Waals surface area contributed by atoms with Crippen LogP contribution in [0.25, 0.3) is 0 Å². The molecule has 106 valence electrons. The van der Waals surface area contributed by atoms with Gasteiger partial charge in [0.25, 0.3) is 0 Å². The van der Waals surface area contributed by atoms with E-state index in [1.54, 1.807) is 11.8 Å². The first-order chi connectivity index (χ1) is 9.29. The fraction of sp³-hybridized carbons (Fsp3) is 0.571. The van der Waals surface area contributed by atoms with Crippen molar-refractivity contribution in [2.75, 3.05) is 45.6 Å². The van der Waals surface area contributed by atoms with Gasteiger partial charge in [0.2, 0.25) is 0 Å². The quantitative estimate of drug-likeness (QED) is 0.764. The Morgan fingerprint density at radius 1 is 1.37 bits per heavy atom. The molecule has 0 aromatic heterocycles. The smallest absolute Gasteiger partial charge is 0.132 e. The maximum absolute atomic E-state index is 10.0. The summed E-state index contributed by atoms with van der Waals surface area (Å²) in [6.45, 7) is 5.04. The minimum absolute atomic E-state index is 0.349. The third kappa shape index (κ3) is 4.69. The first-order valence-electron chi connectivity index (χ1n) is 6.66. The van der Waals surface area contributed by atoms with E-state index in [4.69, 9.17) is 4.74 Å². The van der Waals surface area contributed by atoms with Crippen LogP contribution in [-0.4, -0.2) is 61.7 Å².